The summed E-state index contributed by atoms with van der Waals surface area (Å²) in [6, 6.07) is 7.64. The van der Waals surface area contributed by atoms with E-state index in [9.17, 15) is 9.59 Å². The topological polar surface area (TPSA) is 73.2 Å². The van der Waals surface area contributed by atoms with E-state index in [0.717, 1.165) is 24.1 Å². The van der Waals surface area contributed by atoms with Crippen molar-refractivity contribution in [3.63, 3.8) is 0 Å². The molecule has 22 heavy (non-hydrogen) atoms. The number of nitriles is 1. The summed E-state index contributed by atoms with van der Waals surface area (Å²) < 4.78 is 0. The van der Waals surface area contributed by atoms with E-state index in [1.54, 1.807) is 17.0 Å². The van der Waals surface area contributed by atoms with Crippen LogP contribution in [0.3, 0.4) is 0 Å². The van der Waals surface area contributed by atoms with Crippen molar-refractivity contribution in [3.05, 3.63) is 29.3 Å². The van der Waals surface area contributed by atoms with Crippen LogP contribution in [0.1, 0.15) is 42.1 Å². The first-order valence-electron chi connectivity index (χ1n) is 7.71. The van der Waals surface area contributed by atoms with Gasteiger partial charge in [-0.05, 0) is 43.4 Å². The highest BCUT2D eigenvalue weighted by Gasteiger charge is 2.34. The lowest BCUT2D eigenvalue weighted by molar-refractivity contribution is -0.115. The van der Waals surface area contributed by atoms with Crippen molar-refractivity contribution < 1.29 is 9.59 Å². The van der Waals surface area contributed by atoms with Gasteiger partial charge in [-0.3, -0.25) is 9.59 Å². The van der Waals surface area contributed by atoms with Gasteiger partial charge in [-0.15, -0.1) is 0 Å². The summed E-state index contributed by atoms with van der Waals surface area (Å²) in [4.78, 5) is 26.0. The molecule has 1 aliphatic heterocycles. The summed E-state index contributed by atoms with van der Waals surface area (Å²) in [5.74, 6) is 0.461. The Hall–Kier alpha value is -2.35. The van der Waals surface area contributed by atoms with Gasteiger partial charge >= 0.3 is 0 Å². The first kappa shape index (κ1) is 14.6. The number of hydrogen-bond donors (Lipinski definition) is 1. The molecule has 1 aromatic carbocycles. The Morgan fingerprint density at radius 2 is 2.27 bits per heavy atom. The molecule has 1 heterocycles. The standard InChI is InChI=1S/C17H19N3O2/c1-11(12-3-4-12)20(8-2-7-18)17(22)14-6-5-13-10-16(21)19-15(13)9-14/h5-6,9,11-12H,2-4,8,10H2,1H3,(H,19,21)/t11-/m1/s1. The van der Waals surface area contributed by atoms with Crippen LogP contribution < -0.4 is 5.32 Å². The number of nitrogens with one attached hydrogen (secondary N) is 1. The molecular formula is C17H19N3O2. The van der Waals surface area contributed by atoms with E-state index in [1.807, 2.05) is 6.07 Å². The van der Waals surface area contributed by atoms with Gasteiger partial charge in [0.25, 0.3) is 5.91 Å². The molecule has 0 unspecified atom stereocenters. The van der Waals surface area contributed by atoms with Gasteiger partial charge < -0.3 is 10.2 Å². The second-order valence-electron chi connectivity index (χ2n) is 6.08. The van der Waals surface area contributed by atoms with Crippen molar-refractivity contribution >= 4 is 17.5 Å². The smallest absolute Gasteiger partial charge is 0.254 e. The van der Waals surface area contributed by atoms with Crippen LogP contribution in [0.5, 0.6) is 0 Å². The second kappa shape index (κ2) is 5.80. The van der Waals surface area contributed by atoms with E-state index in [1.165, 1.54) is 0 Å². The second-order valence-corrected chi connectivity index (χ2v) is 6.08. The molecule has 0 radical (unpaired) electrons. The average molecular weight is 297 g/mol. The molecule has 2 amide bonds. The highest BCUT2D eigenvalue weighted by molar-refractivity contribution is 6.02. The number of benzene rings is 1. The molecule has 0 aromatic heterocycles. The van der Waals surface area contributed by atoms with Crippen molar-refractivity contribution in [1.29, 1.82) is 5.26 Å². The zero-order valence-electron chi connectivity index (χ0n) is 12.6. The van der Waals surface area contributed by atoms with Crippen molar-refractivity contribution in [2.45, 2.75) is 38.6 Å². The minimum Gasteiger partial charge on any atom is -0.335 e. The maximum Gasteiger partial charge on any atom is 0.254 e. The minimum atomic E-state index is -0.0569. The van der Waals surface area contributed by atoms with Gasteiger partial charge in [0.15, 0.2) is 0 Å². The summed E-state index contributed by atoms with van der Waals surface area (Å²) in [6.45, 7) is 2.51. The summed E-state index contributed by atoms with van der Waals surface area (Å²) in [5, 5.41) is 11.6. The van der Waals surface area contributed by atoms with Gasteiger partial charge in [-0.1, -0.05) is 6.07 Å². The van der Waals surface area contributed by atoms with Gasteiger partial charge in [-0.25, -0.2) is 0 Å². The molecule has 1 aromatic rings. The predicted molar refractivity (Wildman–Crippen MR) is 82.2 cm³/mol. The molecule has 1 saturated carbocycles. The predicted octanol–water partition coefficient (Wildman–Crippen LogP) is 2.34. The van der Waals surface area contributed by atoms with Crippen LogP contribution in [0.2, 0.25) is 0 Å². The SMILES string of the molecule is C[C@H](C1CC1)N(CCC#N)C(=O)c1ccc2c(c1)NC(=O)C2. The maximum absolute atomic E-state index is 12.8. The molecule has 0 bridgehead atoms. The average Bonchev–Trinajstić information content (AvgIpc) is 3.28. The van der Waals surface area contributed by atoms with Gasteiger partial charge in [0.05, 0.1) is 18.9 Å². The van der Waals surface area contributed by atoms with E-state index in [2.05, 4.69) is 18.3 Å². The molecule has 5 heteroatoms. The molecule has 114 valence electrons. The number of carbonyl (C=O) groups is 2. The molecule has 2 aliphatic rings. The lowest BCUT2D eigenvalue weighted by Gasteiger charge is -2.29. The Bertz CT molecular complexity index is 658. The fourth-order valence-electron chi connectivity index (χ4n) is 3.01. The summed E-state index contributed by atoms with van der Waals surface area (Å²) in [6.07, 6.45) is 3.01. The molecule has 1 atom stereocenters. The molecule has 0 saturated heterocycles. The van der Waals surface area contributed by atoms with Crippen molar-refractivity contribution in [3.8, 4) is 6.07 Å². The molecular weight excluding hydrogens is 278 g/mol. The Morgan fingerprint density at radius 1 is 1.50 bits per heavy atom. The molecule has 5 nitrogen and oxygen atoms in total. The Labute approximate surface area is 129 Å². The maximum atomic E-state index is 12.8. The van der Waals surface area contributed by atoms with Gasteiger partial charge in [0.1, 0.15) is 0 Å². The van der Waals surface area contributed by atoms with Gasteiger partial charge in [-0.2, -0.15) is 5.26 Å². The number of amides is 2. The molecule has 1 aliphatic carbocycles. The summed E-state index contributed by atoms with van der Waals surface area (Å²) in [5.41, 5.74) is 2.24. The third kappa shape index (κ3) is 2.82. The quantitative estimate of drug-likeness (QED) is 0.906. The van der Waals surface area contributed by atoms with Crippen LogP contribution in [0.4, 0.5) is 5.69 Å². The third-order valence-corrected chi connectivity index (χ3v) is 4.50. The third-order valence-electron chi connectivity index (χ3n) is 4.50. The highest BCUT2D eigenvalue weighted by atomic mass is 16.2. The Balaban J connectivity index is 1.82. The molecule has 1 fully saturated rings. The number of rotatable bonds is 5. The summed E-state index contributed by atoms with van der Waals surface area (Å²) >= 11 is 0. The molecule has 3 rings (SSSR count). The number of fused-ring (bicyclic) bond motifs is 1. The van der Waals surface area contributed by atoms with Gasteiger partial charge in [0, 0.05) is 23.8 Å². The van der Waals surface area contributed by atoms with Crippen molar-refractivity contribution in [2.75, 3.05) is 11.9 Å². The number of carbonyl (C=O) groups excluding carboxylic acids is 2. The van der Waals surface area contributed by atoms with Gasteiger partial charge in [0.2, 0.25) is 5.91 Å². The normalized spacial score (nSPS) is 17.4. The van der Waals surface area contributed by atoms with E-state index in [0.29, 0.717) is 30.9 Å². The largest absolute Gasteiger partial charge is 0.335 e. The zero-order chi connectivity index (χ0) is 15.7. The van der Waals surface area contributed by atoms with E-state index < -0.39 is 0 Å². The van der Waals surface area contributed by atoms with E-state index in [4.69, 9.17) is 5.26 Å². The van der Waals surface area contributed by atoms with Crippen LogP contribution in [0.25, 0.3) is 0 Å². The first-order chi connectivity index (χ1) is 10.6. The molecule has 1 N–H and O–H groups in total. The minimum absolute atomic E-state index is 0.0349. The van der Waals surface area contributed by atoms with Crippen molar-refractivity contribution in [1.82, 2.24) is 4.90 Å². The number of nitrogens with zero attached hydrogens (tertiary/aromatic N) is 2. The zero-order valence-corrected chi connectivity index (χ0v) is 12.6. The van der Waals surface area contributed by atoms with Crippen LogP contribution in [0, 0.1) is 17.2 Å². The monoisotopic (exact) mass is 297 g/mol. The lowest BCUT2D eigenvalue weighted by atomic mass is 10.1. The van der Waals surface area contributed by atoms with Crippen LogP contribution >= 0.6 is 0 Å². The van der Waals surface area contributed by atoms with Crippen LogP contribution in [-0.4, -0.2) is 29.3 Å². The Morgan fingerprint density at radius 3 is 2.95 bits per heavy atom. The number of anilines is 1. The van der Waals surface area contributed by atoms with Crippen LogP contribution in [-0.2, 0) is 11.2 Å². The summed E-state index contributed by atoms with van der Waals surface area (Å²) in [7, 11) is 0. The lowest BCUT2D eigenvalue weighted by Crippen LogP contribution is -2.40. The fraction of sp³-hybridized carbons (Fsp3) is 0.471. The fourth-order valence-corrected chi connectivity index (χ4v) is 3.01. The highest BCUT2D eigenvalue weighted by Crippen LogP contribution is 2.36. The Kier molecular flexibility index (Phi) is 3.84. The van der Waals surface area contributed by atoms with E-state index in [-0.39, 0.29) is 17.9 Å². The van der Waals surface area contributed by atoms with Crippen LogP contribution in [0.15, 0.2) is 18.2 Å². The molecule has 0 spiro atoms. The van der Waals surface area contributed by atoms with E-state index >= 15 is 0 Å². The number of hydrogen-bond acceptors (Lipinski definition) is 3. The van der Waals surface area contributed by atoms with Crippen molar-refractivity contribution in [2.24, 2.45) is 5.92 Å². The first-order valence-corrected chi connectivity index (χ1v) is 7.71.